The van der Waals surface area contributed by atoms with Gasteiger partial charge in [0.2, 0.25) is 0 Å². The molecule has 0 saturated heterocycles. The van der Waals surface area contributed by atoms with Gasteiger partial charge in [-0.3, -0.25) is 4.98 Å². The van der Waals surface area contributed by atoms with Crippen LogP contribution >= 0.6 is 12.2 Å². The molecule has 2 aromatic rings. The van der Waals surface area contributed by atoms with Crippen molar-refractivity contribution in [2.24, 2.45) is 0 Å². The van der Waals surface area contributed by atoms with E-state index in [2.05, 4.69) is 4.98 Å². The molecule has 0 N–H and O–H groups in total. The molecule has 1 aromatic heterocycles. The summed E-state index contributed by atoms with van der Waals surface area (Å²) in [5.74, 6) is 0. The molecule has 0 aliphatic rings. The van der Waals surface area contributed by atoms with E-state index in [1.54, 1.807) is 24.3 Å². The van der Waals surface area contributed by atoms with Gasteiger partial charge in [-0.2, -0.15) is 13.2 Å². The quantitative estimate of drug-likeness (QED) is 0.768. The average molecular weight is 311 g/mol. The zero-order valence-corrected chi connectivity index (χ0v) is 12.2. The van der Waals surface area contributed by atoms with E-state index in [9.17, 15) is 13.2 Å². The molecule has 0 spiro atoms. The summed E-state index contributed by atoms with van der Waals surface area (Å²) in [7, 11) is 1.31. The number of aryl methyl sites for hydroxylation is 1. The summed E-state index contributed by atoms with van der Waals surface area (Å²) in [6, 6.07) is 7.67. The van der Waals surface area contributed by atoms with Crippen molar-refractivity contribution in [1.82, 2.24) is 4.98 Å². The van der Waals surface area contributed by atoms with Crippen LogP contribution in [0.15, 0.2) is 36.5 Å². The van der Waals surface area contributed by atoms with Gasteiger partial charge in [0.05, 0.1) is 18.4 Å². The van der Waals surface area contributed by atoms with Crippen LogP contribution in [0.1, 0.15) is 16.7 Å². The van der Waals surface area contributed by atoms with Crippen LogP contribution in [0.3, 0.4) is 0 Å². The fraction of sp³-hybridized carbons (Fsp3) is 0.200. The first kappa shape index (κ1) is 15.4. The normalized spacial score (nSPS) is 11.3. The lowest BCUT2D eigenvalue weighted by Crippen LogP contribution is -2.11. The molecular weight excluding hydrogens is 299 g/mol. The smallest absolute Gasteiger partial charge is 0.418 e. The van der Waals surface area contributed by atoms with Crippen LogP contribution in [0.4, 0.5) is 13.2 Å². The van der Waals surface area contributed by atoms with Crippen molar-refractivity contribution in [2.45, 2.75) is 13.1 Å². The molecule has 0 saturated carbocycles. The fourth-order valence-electron chi connectivity index (χ4n) is 1.85. The Balaban J connectivity index is 2.60. The first-order valence-electron chi connectivity index (χ1n) is 6.05. The summed E-state index contributed by atoms with van der Waals surface area (Å²) in [5, 5.41) is -0.0246. The number of alkyl halides is 3. The Morgan fingerprint density at radius 3 is 2.33 bits per heavy atom. The van der Waals surface area contributed by atoms with E-state index in [1.165, 1.54) is 13.3 Å². The number of thiocarbonyl (C=S) groups is 1. The lowest BCUT2D eigenvalue weighted by atomic mass is 10.0. The molecule has 21 heavy (non-hydrogen) atoms. The van der Waals surface area contributed by atoms with Gasteiger partial charge in [0.15, 0.2) is 5.05 Å². The van der Waals surface area contributed by atoms with Crippen molar-refractivity contribution >= 4 is 17.3 Å². The molecule has 2 rings (SSSR count). The van der Waals surface area contributed by atoms with E-state index < -0.39 is 11.7 Å². The van der Waals surface area contributed by atoms with Crippen molar-refractivity contribution in [3.63, 3.8) is 0 Å². The molecule has 0 bridgehead atoms. The third-order valence-corrected chi connectivity index (χ3v) is 3.34. The highest BCUT2D eigenvalue weighted by Gasteiger charge is 2.35. The predicted molar refractivity (Wildman–Crippen MR) is 78.1 cm³/mol. The topological polar surface area (TPSA) is 22.1 Å². The summed E-state index contributed by atoms with van der Waals surface area (Å²) in [4.78, 5) is 3.93. The number of pyridine rings is 1. The third kappa shape index (κ3) is 3.39. The molecule has 0 fully saturated rings. The number of hydrogen-bond acceptors (Lipinski definition) is 3. The van der Waals surface area contributed by atoms with Gasteiger partial charge in [0.25, 0.3) is 0 Å². The van der Waals surface area contributed by atoms with Gasteiger partial charge < -0.3 is 4.74 Å². The molecule has 0 unspecified atom stereocenters. The Hall–Kier alpha value is -1.95. The maximum Gasteiger partial charge on any atom is 0.418 e. The molecule has 110 valence electrons. The second kappa shape index (κ2) is 5.81. The number of rotatable bonds is 2. The number of methoxy groups -OCH3 is 1. The van der Waals surface area contributed by atoms with Gasteiger partial charge in [0.1, 0.15) is 0 Å². The number of aromatic nitrogens is 1. The minimum absolute atomic E-state index is 0.0246. The minimum Gasteiger partial charge on any atom is -0.486 e. The molecule has 6 heteroatoms. The van der Waals surface area contributed by atoms with Crippen LogP contribution in [0.5, 0.6) is 0 Å². The first-order chi connectivity index (χ1) is 9.82. The zero-order chi connectivity index (χ0) is 15.6. The molecule has 1 heterocycles. The van der Waals surface area contributed by atoms with Gasteiger partial charge in [0, 0.05) is 17.3 Å². The van der Waals surface area contributed by atoms with Gasteiger partial charge in [-0.05, 0) is 25.2 Å². The van der Waals surface area contributed by atoms with E-state index in [0.717, 1.165) is 11.6 Å². The monoisotopic (exact) mass is 311 g/mol. The lowest BCUT2D eigenvalue weighted by molar-refractivity contribution is -0.137. The summed E-state index contributed by atoms with van der Waals surface area (Å²) >= 11 is 4.85. The summed E-state index contributed by atoms with van der Waals surface area (Å²) < 4.78 is 44.5. The maximum atomic E-state index is 13.2. The van der Waals surface area contributed by atoms with Crippen molar-refractivity contribution in [1.29, 1.82) is 0 Å². The molecular formula is C15H12F3NOS. The molecule has 0 radical (unpaired) electrons. The highest BCUT2D eigenvalue weighted by molar-refractivity contribution is 7.80. The fourth-order valence-corrected chi connectivity index (χ4v) is 1.96. The van der Waals surface area contributed by atoms with Crippen LogP contribution in [-0.4, -0.2) is 17.1 Å². The van der Waals surface area contributed by atoms with E-state index in [1.807, 2.05) is 6.92 Å². The van der Waals surface area contributed by atoms with Gasteiger partial charge in [-0.15, -0.1) is 0 Å². The van der Waals surface area contributed by atoms with Crippen LogP contribution in [-0.2, 0) is 10.9 Å². The van der Waals surface area contributed by atoms with Crippen molar-refractivity contribution in [3.05, 3.63) is 53.2 Å². The Bertz CT molecular complexity index is 666. The highest BCUT2D eigenvalue weighted by Crippen LogP contribution is 2.36. The van der Waals surface area contributed by atoms with Gasteiger partial charge in [-0.25, -0.2) is 0 Å². The van der Waals surface area contributed by atoms with E-state index in [0.29, 0.717) is 5.56 Å². The van der Waals surface area contributed by atoms with Crippen molar-refractivity contribution in [2.75, 3.05) is 7.11 Å². The molecule has 0 atom stereocenters. The minimum atomic E-state index is -4.52. The molecule has 1 aromatic carbocycles. The summed E-state index contributed by atoms with van der Waals surface area (Å²) in [6.07, 6.45) is -3.23. The Morgan fingerprint density at radius 2 is 1.81 bits per heavy atom. The Kier molecular flexibility index (Phi) is 4.27. The Morgan fingerprint density at radius 1 is 1.19 bits per heavy atom. The second-order valence-electron chi connectivity index (χ2n) is 4.48. The number of ether oxygens (including phenoxy) is 1. The second-order valence-corrected chi connectivity index (χ2v) is 4.85. The number of nitrogens with zero attached hydrogens (tertiary/aromatic N) is 1. The van der Waals surface area contributed by atoms with Crippen LogP contribution < -0.4 is 0 Å². The van der Waals surface area contributed by atoms with Crippen LogP contribution in [0, 0.1) is 6.92 Å². The van der Waals surface area contributed by atoms with Gasteiger partial charge in [-0.1, -0.05) is 29.8 Å². The van der Waals surface area contributed by atoms with Crippen molar-refractivity contribution in [3.8, 4) is 11.3 Å². The van der Waals surface area contributed by atoms with Gasteiger partial charge >= 0.3 is 6.18 Å². The number of halogens is 3. The molecule has 0 aliphatic heterocycles. The SMILES string of the molecule is COC(=S)c1cnc(-c2ccc(C)cc2)c(C(F)(F)F)c1. The first-order valence-corrected chi connectivity index (χ1v) is 6.46. The average Bonchev–Trinajstić information content (AvgIpc) is 2.46. The summed E-state index contributed by atoms with van der Waals surface area (Å²) in [5.41, 5.74) is 0.552. The summed E-state index contributed by atoms with van der Waals surface area (Å²) in [6.45, 7) is 1.86. The van der Waals surface area contributed by atoms with E-state index >= 15 is 0 Å². The molecule has 0 aliphatic carbocycles. The Labute approximate surface area is 125 Å². The molecule has 2 nitrogen and oxygen atoms in total. The highest BCUT2D eigenvalue weighted by atomic mass is 32.1. The largest absolute Gasteiger partial charge is 0.486 e. The third-order valence-electron chi connectivity index (χ3n) is 2.94. The number of benzene rings is 1. The van der Waals surface area contributed by atoms with E-state index in [4.69, 9.17) is 17.0 Å². The van der Waals surface area contributed by atoms with Crippen LogP contribution in [0.25, 0.3) is 11.3 Å². The zero-order valence-electron chi connectivity index (χ0n) is 11.4. The standard InChI is InChI=1S/C15H12F3NOS/c1-9-3-5-10(6-4-9)13-12(15(16,17)18)7-11(8-19-13)14(21)20-2/h3-8H,1-2H3. The molecule has 0 amide bonds. The number of hydrogen-bond donors (Lipinski definition) is 0. The maximum absolute atomic E-state index is 13.2. The predicted octanol–water partition coefficient (Wildman–Crippen LogP) is 4.40. The van der Waals surface area contributed by atoms with Crippen LogP contribution in [0.2, 0.25) is 0 Å². The van der Waals surface area contributed by atoms with E-state index in [-0.39, 0.29) is 16.3 Å². The lowest BCUT2D eigenvalue weighted by Gasteiger charge is -2.14. The van der Waals surface area contributed by atoms with Crippen molar-refractivity contribution < 1.29 is 17.9 Å².